The van der Waals surface area contributed by atoms with Gasteiger partial charge in [0.1, 0.15) is 5.75 Å². The summed E-state index contributed by atoms with van der Waals surface area (Å²) in [6.45, 7) is 1.82. The Balaban J connectivity index is 2.15. The zero-order valence-electron chi connectivity index (χ0n) is 11.5. The molecule has 2 nitrogen and oxygen atoms in total. The average Bonchev–Trinajstić information content (AvgIpc) is 2.39. The lowest BCUT2D eigenvalue weighted by atomic mass is 10.0. The van der Waals surface area contributed by atoms with Gasteiger partial charge in [0.15, 0.2) is 0 Å². The van der Waals surface area contributed by atoms with Gasteiger partial charge >= 0.3 is 6.61 Å². The van der Waals surface area contributed by atoms with Crippen LogP contribution >= 0.6 is 0 Å². The summed E-state index contributed by atoms with van der Waals surface area (Å²) < 4.78 is 29.2. The number of hydrogen-bond donors (Lipinski definition) is 1. The van der Waals surface area contributed by atoms with Gasteiger partial charge < -0.3 is 10.1 Å². The molecule has 2 aromatic carbocycles. The first-order valence-electron chi connectivity index (χ1n) is 6.40. The second-order valence-corrected chi connectivity index (χ2v) is 4.60. The highest BCUT2D eigenvalue weighted by Crippen LogP contribution is 2.26. The summed E-state index contributed by atoms with van der Waals surface area (Å²) in [5, 5.41) is 3.16. The van der Waals surface area contributed by atoms with Crippen molar-refractivity contribution in [2.45, 2.75) is 27.0 Å². The molecule has 20 heavy (non-hydrogen) atoms. The van der Waals surface area contributed by atoms with Crippen LogP contribution < -0.4 is 10.1 Å². The number of para-hydroxylation sites is 2. The zero-order valence-corrected chi connectivity index (χ0v) is 11.5. The van der Waals surface area contributed by atoms with Gasteiger partial charge in [-0.15, -0.1) is 0 Å². The first-order valence-corrected chi connectivity index (χ1v) is 6.40. The predicted molar refractivity (Wildman–Crippen MR) is 76.3 cm³/mol. The highest BCUT2D eigenvalue weighted by Gasteiger charge is 2.09. The molecule has 0 unspecified atom stereocenters. The fourth-order valence-electron chi connectivity index (χ4n) is 2.12. The molecule has 1 N–H and O–H groups in total. The quantitative estimate of drug-likeness (QED) is 0.867. The fourth-order valence-corrected chi connectivity index (χ4v) is 2.12. The van der Waals surface area contributed by atoms with Crippen LogP contribution in [0.1, 0.15) is 16.7 Å². The second-order valence-electron chi connectivity index (χ2n) is 4.60. The molecule has 0 heterocycles. The van der Waals surface area contributed by atoms with E-state index in [-0.39, 0.29) is 5.75 Å². The van der Waals surface area contributed by atoms with E-state index in [4.69, 9.17) is 0 Å². The number of nitrogens with one attached hydrogen (secondary N) is 1. The van der Waals surface area contributed by atoms with Crippen LogP contribution in [0.15, 0.2) is 42.5 Å². The topological polar surface area (TPSA) is 21.3 Å². The first kappa shape index (κ1) is 14.3. The SMILES string of the molecule is Cc1cccc(C)c1CNc1ccccc1OC(F)F. The average molecular weight is 277 g/mol. The number of halogens is 2. The van der Waals surface area contributed by atoms with Gasteiger partial charge in [-0.25, -0.2) is 0 Å². The molecule has 2 aromatic rings. The monoisotopic (exact) mass is 277 g/mol. The Hall–Kier alpha value is -2.10. The third-order valence-electron chi connectivity index (χ3n) is 3.20. The minimum atomic E-state index is -2.82. The number of anilines is 1. The van der Waals surface area contributed by atoms with Crippen molar-refractivity contribution >= 4 is 5.69 Å². The van der Waals surface area contributed by atoms with Gasteiger partial charge in [0.25, 0.3) is 0 Å². The number of alkyl halides is 2. The molecule has 0 saturated heterocycles. The van der Waals surface area contributed by atoms with Crippen LogP contribution in [0.3, 0.4) is 0 Å². The van der Waals surface area contributed by atoms with E-state index >= 15 is 0 Å². The molecule has 0 aliphatic heterocycles. The van der Waals surface area contributed by atoms with E-state index in [0.29, 0.717) is 12.2 Å². The van der Waals surface area contributed by atoms with Crippen molar-refractivity contribution in [3.63, 3.8) is 0 Å². The van der Waals surface area contributed by atoms with E-state index < -0.39 is 6.61 Å². The highest BCUT2D eigenvalue weighted by atomic mass is 19.3. The lowest BCUT2D eigenvalue weighted by molar-refractivity contribution is -0.0493. The molecule has 2 rings (SSSR count). The molecule has 0 bridgehead atoms. The summed E-state index contributed by atoms with van der Waals surface area (Å²) in [6, 6.07) is 12.8. The first-order chi connectivity index (χ1) is 9.58. The Labute approximate surface area is 117 Å². The normalized spacial score (nSPS) is 10.7. The number of rotatable bonds is 5. The van der Waals surface area contributed by atoms with Gasteiger partial charge in [-0.2, -0.15) is 8.78 Å². The Morgan fingerprint density at radius 1 is 1.00 bits per heavy atom. The lowest BCUT2D eigenvalue weighted by Gasteiger charge is -2.15. The summed E-state index contributed by atoms with van der Waals surface area (Å²) >= 11 is 0. The number of ether oxygens (including phenoxy) is 1. The molecule has 0 atom stereocenters. The summed E-state index contributed by atoms with van der Waals surface area (Å²) in [5.74, 6) is 0.161. The Bertz CT molecular complexity index is 564. The van der Waals surface area contributed by atoms with Crippen LogP contribution in [-0.4, -0.2) is 6.61 Å². The third-order valence-corrected chi connectivity index (χ3v) is 3.20. The van der Waals surface area contributed by atoms with Crippen molar-refractivity contribution in [1.29, 1.82) is 0 Å². The molecule has 0 aliphatic rings. The molecule has 0 aromatic heterocycles. The van der Waals surface area contributed by atoms with E-state index in [1.165, 1.54) is 22.8 Å². The van der Waals surface area contributed by atoms with Gasteiger partial charge in [0.05, 0.1) is 5.69 Å². The predicted octanol–water partition coefficient (Wildman–Crippen LogP) is 4.52. The molecule has 0 spiro atoms. The van der Waals surface area contributed by atoms with Gasteiger partial charge in [0.2, 0.25) is 0 Å². The molecule has 106 valence electrons. The van der Waals surface area contributed by atoms with Crippen molar-refractivity contribution in [1.82, 2.24) is 0 Å². The molecule has 4 heteroatoms. The fraction of sp³-hybridized carbons (Fsp3) is 0.250. The minimum absolute atomic E-state index is 0.161. The summed E-state index contributed by atoms with van der Waals surface area (Å²) in [5.41, 5.74) is 4.07. The zero-order chi connectivity index (χ0) is 14.5. The number of hydrogen-bond acceptors (Lipinski definition) is 2. The van der Waals surface area contributed by atoms with Crippen LogP contribution in [-0.2, 0) is 6.54 Å². The van der Waals surface area contributed by atoms with Crippen molar-refractivity contribution in [3.8, 4) is 5.75 Å². The second kappa shape index (κ2) is 6.37. The van der Waals surface area contributed by atoms with E-state index in [0.717, 1.165) is 0 Å². The molecule has 0 amide bonds. The van der Waals surface area contributed by atoms with Crippen molar-refractivity contribution in [2.24, 2.45) is 0 Å². The molecular formula is C16H17F2NO. The van der Waals surface area contributed by atoms with Crippen LogP contribution in [0.2, 0.25) is 0 Å². The molecule has 0 fully saturated rings. The molecular weight excluding hydrogens is 260 g/mol. The largest absolute Gasteiger partial charge is 0.433 e. The van der Waals surface area contributed by atoms with Crippen LogP contribution in [0.4, 0.5) is 14.5 Å². The van der Waals surface area contributed by atoms with Gasteiger partial charge in [-0.3, -0.25) is 0 Å². The Kier molecular flexibility index (Phi) is 4.56. The Morgan fingerprint density at radius 2 is 1.65 bits per heavy atom. The molecule has 0 aliphatic carbocycles. The standard InChI is InChI=1S/C16H17F2NO/c1-11-6-5-7-12(2)13(11)10-19-14-8-3-4-9-15(14)20-16(17)18/h3-9,16,19H,10H2,1-2H3. The van der Waals surface area contributed by atoms with E-state index in [9.17, 15) is 8.78 Å². The number of benzene rings is 2. The third kappa shape index (κ3) is 3.47. The van der Waals surface area contributed by atoms with Crippen molar-refractivity contribution in [3.05, 3.63) is 59.2 Å². The van der Waals surface area contributed by atoms with Crippen LogP contribution in [0, 0.1) is 13.8 Å². The lowest BCUT2D eigenvalue weighted by Crippen LogP contribution is -2.07. The number of aryl methyl sites for hydroxylation is 2. The minimum Gasteiger partial charge on any atom is -0.433 e. The maximum Gasteiger partial charge on any atom is 0.387 e. The summed E-state index contributed by atoms with van der Waals surface area (Å²) in [6.07, 6.45) is 0. The molecule has 0 saturated carbocycles. The maximum atomic E-state index is 12.3. The molecule has 0 radical (unpaired) electrons. The van der Waals surface area contributed by atoms with Gasteiger partial charge in [0, 0.05) is 6.54 Å². The van der Waals surface area contributed by atoms with Gasteiger partial charge in [-0.1, -0.05) is 30.3 Å². The summed E-state index contributed by atoms with van der Waals surface area (Å²) in [7, 11) is 0. The van der Waals surface area contributed by atoms with E-state index in [1.807, 2.05) is 32.0 Å². The van der Waals surface area contributed by atoms with Crippen LogP contribution in [0.25, 0.3) is 0 Å². The van der Waals surface area contributed by atoms with Crippen molar-refractivity contribution < 1.29 is 13.5 Å². The van der Waals surface area contributed by atoms with Crippen molar-refractivity contribution in [2.75, 3.05) is 5.32 Å². The Morgan fingerprint density at radius 3 is 2.30 bits per heavy atom. The van der Waals surface area contributed by atoms with Gasteiger partial charge in [-0.05, 0) is 42.7 Å². The maximum absolute atomic E-state index is 12.3. The van der Waals surface area contributed by atoms with Crippen LogP contribution in [0.5, 0.6) is 5.75 Å². The van der Waals surface area contributed by atoms with E-state index in [2.05, 4.69) is 10.1 Å². The van der Waals surface area contributed by atoms with E-state index in [1.54, 1.807) is 18.2 Å². The highest BCUT2D eigenvalue weighted by molar-refractivity contribution is 5.56. The summed E-state index contributed by atoms with van der Waals surface area (Å²) in [4.78, 5) is 0. The smallest absolute Gasteiger partial charge is 0.387 e.